The number of nitrogens with zero attached hydrogens (tertiary/aromatic N) is 8. The Hall–Kier alpha value is -4.94. The van der Waals surface area contributed by atoms with Crippen LogP contribution < -0.4 is 15.5 Å². The minimum atomic E-state index is -0.381. The quantitative estimate of drug-likeness (QED) is 0.328. The molecule has 41 heavy (non-hydrogen) atoms. The maximum Gasteiger partial charge on any atom is 0.331 e. The van der Waals surface area contributed by atoms with Crippen molar-refractivity contribution in [1.29, 1.82) is 0 Å². The molecule has 2 unspecified atom stereocenters. The molecule has 5 heterocycles. The first kappa shape index (κ1) is 26.3. The number of urea groups is 1. The number of carbonyl (C=O) groups is 3. The molecular weight excluding hydrogens is 524 g/mol. The summed E-state index contributed by atoms with van der Waals surface area (Å²) in [7, 11) is 1.47. The van der Waals surface area contributed by atoms with Gasteiger partial charge in [0.2, 0.25) is 11.8 Å². The first-order valence-corrected chi connectivity index (χ1v) is 13.4. The summed E-state index contributed by atoms with van der Waals surface area (Å²) >= 11 is 0. The number of rotatable bonds is 7. The minimum Gasteiger partial charge on any atom is -0.362 e. The highest BCUT2D eigenvalue weighted by molar-refractivity contribution is 6.13. The predicted molar refractivity (Wildman–Crippen MR) is 150 cm³/mol. The van der Waals surface area contributed by atoms with Crippen molar-refractivity contribution < 1.29 is 14.4 Å². The SMILES string of the molecule is Cc1cc(N2CC(=O)N(C)C2=O)c2nc([C@@H](C)Nc3cc(NC(=O)C4CC4c4nccc(C)n4)nc(C)n3)cn2c1. The lowest BCUT2D eigenvalue weighted by molar-refractivity contribution is -0.124. The van der Waals surface area contributed by atoms with E-state index in [-0.39, 0.29) is 42.3 Å². The summed E-state index contributed by atoms with van der Waals surface area (Å²) in [6.45, 7) is 7.51. The molecule has 4 aromatic rings. The number of amides is 4. The van der Waals surface area contributed by atoms with E-state index in [1.54, 1.807) is 19.2 Å². The van der Waals surface area contributed by atoms with E-state index in [0.717, 1.165) is 16.2 Å². The number of anilines is 3. The normalized spacial score (nSPS) is 19.1. The average Bonchev–Trinajstić information content (AvgIpc) is 3.55. The largest absolute Gasteiger partial charge is 0.362 e. The second-order valence-electron chi connectivity index (χ2n) is 10.7. The molecule has 0 aromatic carbocycles. The zero-order chi connectivity index (χ0) is 29.0. The van der Waals surface area contributed by atoms with Crippen LogP contribution >= 0.6 is 0 Å². The third kappa shape index (κ3) is 5.06. The summed E-state index contributed by atoms with van der Waals surface area (Å²) in [6.07, 6.45) is 6.22. The van der Waals surface area contributed by atoms with Gasteiger partial charge in [0.05, 0.1) is 17.4 Å². The van der Waals surface area contributed by atoms with Crippen molar-refractivity contribution in [3.05, 3.63) is 65.4 Å². The van der Waals surface area contributed by atoms with Gasteiger partial charge in [-0.15, -0.1) is 0 Å². The minimum absolute atomic E-state index is 0.00778. The summed E-state index contributed by atoms with van der Waals surface area (Å²) in [4.78, 5) is 62.8. The fraction of sp³-hybridized carbons (Fsp3) is 0.357. The topological polar surface area (TPSA) is 151 Å². The Morgan fingerprint density at radius 3 is 2.56 bits per heavy atom. The maximum atomic E-state index is 12.9. The smallest absolute Gasteiger partial charge is 0.331 e. The van der Waals surface area contributed by atoms with Gasteiger partial charge in [0.25, 0.3) is 0 Å². The molecule has 4 aromatic heterocycles. The second-order valence-corrected chi connectivity index (χ2v) is 10.7. The van der Waals surface area contributed by atoms with Crippen molar-refractivity contribution in [3.63, 3.8) is 0 Å². The molecule has 0 bridgehead atoms. The van der Waals surface area contributed by atoms with Crippen molar-refractivity contribution in [2.24, 2.45) is 5.92 Å². The van der Waals surface area contributed by atoms with Crippen LogP contribution in [0.3, 0.4) is 0 Å². The Morgan fingerprint density at radius 1 is 1.05 bits per heavy atom. The number of carbonyl (C=O) groups excluding carboxylic acids is 3. The number of likely N-dealkylation sites (N-methyl/N-ethyl adjacent to an activating group) is 1. The number of hydrogen-bond acceptors (Lipinski definition) is 9. The number of aryl methyl sites for hydroxylation is 3. The molecule has 6 rings (SSSR count). The highest BCUT2D eigenvalue weighted by atomic mass is 16.2. The van der Waals surface area contributed by atoms with Gasteiger partial charge in [-0.05, 0) is 51.8 Å². The molecule has 13 nitrogen and oxygen atoms in total. The third-order valence-corrected chi connectivity index (χ3v) is 7.33. The lowest BCUT2D eigenvalue weighted by atomic mass is 10.2. The fourth-order valence-corrected chi connectivity index (χ4v) is 5.07. The van der Waals surface area contributed by atoms with Gasteiger partial charge in [-0.1, -0.05) is 0 Å². The first-order valence-electron chi connectivity index (χ1n) is 13.4. The number of imide groups is 1. The molecule has 2 fully saturated rings. The van der Waals surface area contributed by atoms with Crippen LogP contribution in [0.4, 0.5) is 22.1 Å². The van der Waals surface area contributed by atoms with Crippen molar-refractivity contribution in [2.45, 2.75) is 46.1 Å². The van der Waals surface area contributed by atoms with Crippen LogP contribution in [0, 0.1) is 26.7 Å². The molecule has 1 saturated heterocycles. The van der Waals surface area contributed by atoms with Crippen LogP contribution in [0.1, 0.15) is 53.9 Å². The molecule has 3 atom stereocenters. The van der Waals surface area contributed by atoms with E-state index in [1.807, 2.05) is 49.7 Å². The van der Waals surface area contributed by atoms with Crippen LogP contribution in [0.25, 0.3) is 5.65 Å². The van der Waals surface area contributed by atoms with Crippen molar-refractivity contribution in [2.75, 3.05) is 29.1 Å². The molecule has 0 spiro atoms. The Kier molecular flexibility index (Phi) is 6.36. The van der Waals surface area contributed by atoms with Gasteiger partial charge in [-0.25, -0.2) is 29.7 Å². The average molecular weight is 555 g/mol. The lowest BCUT2D eigenvalue weighted by Gasteiger charge is -2.16. The van der Waals surface area contributed by atoms with E-state index in [1.165, 1.54) is 11.9 Å². The van der Waals surface area contributed by atoms with Gasteiger partial charge in [0.15, 0.2) is 5.65 Å². The number of imidazole rings is 1. The summed E-state index contributed by atoms with van der Waals surface area (Å²) in [5.41, 5.74) is 3.65. The maximum absolute atomic E-state index is 12.9. The second kappa shape index (κ2) is 9.91. The zero-order valence-electron chi connectivity index (χ0n) is 23.4. The van der Waals surface area contributed by atoms with Crippen LogP contribution in [0.15, 0.2) is 36.8 Å². The van der Waals surface area contributed by atoms with E-state index in [4.69, 9.17) is 4.98 Å². The Morgan fingerprint density at radius 2 is 1.83 bits per heavy atom. The van der Waals surface area contributed by atoms with E-state index in [9.17, 15) is 14.4 Å². The molecule has 1 aliphatic carbocycles. The number of nitrogens with one attached hydrogen (secondary N) is 2. The van der Waals surface area contributed by atoms with Gasteiger partial charge in [0.1, 0.15) is 29.8 Å². The molecule has 13 heteroatoms. The van der Waals surface area contributed by atoms with Gasteiger partial charge < -0.3 is 15.0 Å². The molecule has 2 aliphatic rings. The highest BCUT2D eigenvalue weighted by Gasteiger charge is 2.46. The predicted octanol–water partition coefficient (Wildman–Crippen LogP) is 3.15. The van der Waals surface area contributed by atoms with Crippen molar-refractivity contribution in [3.8, 4) is 0 Å². The van der Waals surface area contributed by atoms with E-state index in [0.29, 0.717) is 46.7 Å². The standard InChI is InChI=1S/C28H30N10O3/c1-14-8-21(38-13-24(39)36(5)28(38)41)26-34-20(12-37(26)11-14)16(3)31-22-10-23(33-17(4)32-22)35-27(40)19-9-18(19)25-29-7-6-15(2)30-25/h6-8,10-12,16,18-19H,9,13H2,1-5H3,(H2,31,32,33,35,40)/t16-,18?,19?/m1/s1. The van der Waals surface area contributed by atoms with Gasteiger partial charge in [-0.2, -0.15) is 0 Å². The monoisotopic (exact) mass is 554 g/mol. The van der Waals surface area contributed by atoms with Crippen molar-refractivity contribution in [1.82, 2.24) is 34.2 Å². The van der Waals surface area contributed by atoms with Crippen LogP contribution in [0.5, 0.6) is 0 Å². The number of fused-ring (bicyclic) bond motifs is 1. The molecule has 1 saturated carbocycles. The molecule has 210 valence electrons. The lowest BCUT2D eigenvalue weighted by Crippen LogP contribution is -2.30. The Bertz CT molecular complexity index is 1720. The first-order chi connectivity index (χ1) is 19.6. The molecule has 4 amide bonds. The number of hydrogen-bond donors (Lipinski definition) is 2. The number of aromatic nitrogens is 6. The van der Waals surface area contributed by atoms with E-state index < -0.39 is 0 Å². The Labute approximate surface area is 236 Å². The molecule has 0 radical (unpaired) electrons. The summed E-state index contributed by atoms with van der Waals surface area (Å²) in [6, 6.07) is 4.73. The Balaban J connectivity index is 1.19. The van der Waals surface area contributed by atoms with E-state index in [2.05, 4.69) is 30.6 Å². The summed E-state index contributed by atoms with van der Waals surface area (Å²) in [5, 5.41) is 6.26. The fourth-order valence-electron chi connectivity index (χ4n) is 5.07. The van der Waals surface area contributed by atoms with E-state index >= 15 is 0 Å². The number of pyridine rings is 1. The van der Waals surface area contributed by atoms with Gasteiger partial charge >= 0.3 is 6.03 Å². The summed E-state index contributed by atoms with van der Waals surface area (Å²) in [5.74, 6) is 1.55. The van der Waals surface area contributed by atoms with Gasteiger partial charge in [-0.3, -0.25) is 19.4 Å². The van der Waals surface area contributed by atoms with Crippen LogP contribution in [-0.2, 0) is 9.59 Å². The van der Waals surface area contributed by atoms with Crippen LogP contribution in [0.2, 0.25) is 0 Å². The highest BCUT2D eigenvalue weighted by Crippen LogP contribution is 2.46. The van der Waals surface area contributed by atoms with Gasteiger partial charge in [0, 0.05) is 49.2 Å². The molecule has 2 N–H and O–H groups in total. The summed E-state index contributed by atoms with van der Waals surface area (Å²) < 4.78 is 1.86. The molecular formula is C28H30N10O3. The van der Waals surface area contributed by atoms with Crippen LogP contribution in [-0.4, -0.2) is 65.7 Å². The zero-order valence-corrected chi connectivity index (χ0v) is 23.4. The van der Waals surface area contributed by atoms with Crippen molar-refractivity contribution >= 4 is 40.8 Å². The molecule has 1 aliphatic heterocycles. The third-order valence-electron chi connectivity index (χ3n) is 7.33.